The molecular weight excluding hydrogens is 298 g/mol. The normalized spacial score (nSPS) is 12.5. The van der Waals surface area contributed by atoms with Gasteiger partial charge in [0.1, 0.15) is 0 Å². The van der Waals surface area contributed by atoms with E-state index in [-0.39, 0.29) is 5.78 Å². The lowest BCUT2D eigenvalue weighted by Gasteiger charge is -2.07. The summed E-state index contributed by atoms with van der Waals surface area (Å²) in [6.45, 7) is 5.63. The third kappa shape index (κ3) is 4.74. The molecule has 0 radical (unpaired) electrons. The van der Waals surface area contributed by atoms with Crippen LogP contribution in [0, 0.1) is 0 Å². The first kappa shape index (κ1) is 19.5. The molecule has 0 bridgehead atoms. The van der Waals surface area contributed by atoms with Crippen LogP contribution in [0.15, 0.2) is 66.5 Å². The minimum absolute atomic E-state index is 0.141. The van der Waals surface area contributed by atoms with E-state index in [2.05, 4.69) is 17.1 Å². The summed E-state index contributed by atoms with van der Waals surface area (Å²) in [6, 6.07) is 14.2. The smallest absolute Gasteiger partial charge is 0.156 e. The number of pyridine rings is 1. The summed E-state index contributed by atoms with van der Waals surface area (Å²) in [4.78, 5) is 15.8. The van der Waals surface area contributed by atoms with Gasteiger partial charge in [0.15, 0.2) is 5.78 Å². The standard InChI is InChI=1S/C18H15NO.C2H6.CH4O/c1-13(20)16-11-17(14-5-3-2-4-6-14)18(12-16)15-7-9-19-10-8-15;2*1-2/h2-10,12H,11H2,1H3;1-2H3;2H,1H3. The molecule has 1 aromatic carbocycles. The minimum Gasteiger partial charge on any atom is -0.400 e. The molecule has 0 fully saturated rings. The molecule has 2 aromatic rings. The second-order valence-electron chi connectivity index (χ2n) is 4.90. The quantitative estimate of drug-likeness (QED) is 0.901. The first-order valence-electron chi connectivity index (χ1n) is 8.11. The van der Waals surface area contributed by atoms with Crippen molar-refractivity contribution in [3.63, 3.8) is 0 Å². The van der Waals surface area contributed by atoms with Crippen LogP contribution in [0.2, 0.25) is 0 Å². The Kier molecular flexibility index (Phi) is 8.37. The monoisotopic (exact) mass is 323 g/mol. The van der Waals surface area contributed by atoms with Crippen LogP contribution < -0.4 is 0 Å². The highest BCUT2D eigenvalue weighted by molar-refractivity contribution is 6.08. The summed E-state index contributed by atoms with van der Waals surface area (Å²) in [6.07, 6.45) is 6.28. The third-order valence-corrected chi connectivity index (χ3v) is 3.58. The average molecular weight is 323 g/mol. The maximum Gasteiger partial charge on any atom is 0.156 e. The molecule has 0 atom stereocenters. The summed E-state index contributed by atoms with van der Waals surface area (Å²) in [5, 5.41) is 7.00. The number of carbonyl (C=O) groups is 1. The zero-order valence-electron chi connectivity index (χ0n) is 14.8. The highest BCUT2D eigenvalue weighted by Crippen LogP contribution is 2.38. The number of Topliss-reactive ketones (excluding diaryl/α,β-unsaturated/α-hetero) is 1. The molecule has 3 nitrogen and oxygen atoms in total. The molecule has 3 heteroatoms. The van der Waals surface area contributed by atoms with Crippen LogP contribution in [0.3, 0.4) is 0 Å². The third-order valence-electron chi connectivity index (χ3n) is 3.58. The molecule has 0 unspecified atom stereocenters. The van der Waals surface area contributed by atoms with Gasteiger partial charge in [-0.15, -0.1) is 0 Å². The highest BCUT2D eigenvalue weighted by atomic mass is 16.2. The lowest BCUT2D eigenvalue weighted by Crippen LogP contribution is -1.93. The Morgan fingerprint density at radius 2 is 1.54 bits per heavy atom. The predicted octanol–water partition coefficient (Wildman–Crippen LogP) is 4.55. The zero-order chi connectivity index (χ0) is 17.9. The van der Waals surface area contributed by atoms with E-state index in [1.54, 1.807) is 19.3 Å². The number of rotatable bonds is 3. The van der Waals surface area contributed by atoms with Crippen LogP contribution in [0.25, 0.3) is 11.1 Å². The predicted molar refractivity (Wildman–Crippen MR) is 100 cm³/mol. The van der Waals surface area contributed by atoms with E-state index in [1.165, 1.54) is 11.1 Å². The number of aromatic nitrogens is 1. The maximum absolute atomic E-state index is 11.7. The van der Waals surface area contributed by atoms with Gasteiger partial charge in [0.25, 0.3) is 0 Å². The van der Waals surface area contributed by atoms with E-state index in [0.29, 0.717) is 6.42 Å². The molecule has 1 N–H and O–H groups in total. The highest BCUT2D eigenvalue weighted by Gasteiger charge is 2.20. The van der Waals surface area contributed by atoms with Gasteiger partial charge in [0.05, 0.1) is 0 Å². The molecule has 0 saturated carbocycles. The number of aliphatic hydroxyl groups excluding tert-OH is 1. The molecular formula is C21H25NO2. The largest absolute Gasteiger partial charge is 0.400 e. The summed E-state index contributed by atoms with van der Waals surface area (Å²) in [7, 11) is 1.00. The number of nitrogens with zero attached hydrogens (tertiary/aromatic N) is 1. The molecule has 0 saturated heterocycles. The van der Waals surface area contributed by atoms with Gasteiger partial charge in [-0.3, -0.25) is 9.78 Å². The lowest BCUT2D eigenvalue weighted by molar-refractivity contribution is -0.113. The van der Waals surface area contributed by atoms with E-state index in [0.717, 1.165) is 23.8 Å². The van der Waals surface area contributed by atoms with Gasteiger partial charge < -0.3 is 5.11 Å². The number of carbonyl (C=O) groups excluding carboxylic acids is 1. The number of aliphatic hydroxyl groups is 1. The summed E-state index contributed by atoms with van der Waals surface area (Å²) in [5.41, 5.74) is 5.49. The SMILES string of the molecule is CC.CC(=O)C1=CC(c2ccncc2)=C(c2ccccc2)C1.CO. The molecule has 126 valence electrons. The van der Waals surface area contributed by atoms with Crippen molar-refractivity contribution in [3.05, 3.63) is 77.6 Å². The van der Waals surface area contributed by atoms with Crippen LogP contribution >= 0.6 is 0 Å². The Balaban J connectivity index is 0.000000671. The molecule has 24 heavy (non-hydrogen) atoms. The van der Waals surface area contributed by atoms with Crippen LogP contribution in [-0.4, -0.2) is 23.0 Å². The van der Waals surface area contributed by atoms with E-state index in [4.69, 9.17) is 5.11 Å². The maximum atomic E-state index is 11.7. The van der Waals surface area contributed by atoms with E-state index in [9.17, 15) is 4.79 Å². The fraction of sp³-hybridized carbons (Fsp3) is 0.238. The van der Waals surface area contributed by atoms with Gasteiger partial charge in [-0.05, 0) is 53.0 Å². The van der Waals surface area contributed by atoms with Crippen molar-refractivity contribution in [2.75, 3.05) is 7.11 Å². The molecule has 1 aliphatic carbocycles. The lowest BCUT2D eigenvalue weighted by atomic mass is 9.97. The molecule has 0 amide bonds. The summed E-state index contributed by atoms with van der Waals surface area (Å²) >= 11 is 0. The number of benzene rings is 1. The Bertz CT molecular complexity index is 701. The second kappa shape index (κ2) is 10.3. The minimum atomic E-state index is 0.141. The van der Waals surface area contributed by atoms with Gasteiger partial charge in [0.2, 0.25) is 0 Å². The van der Waals surface area contributed by atoms with Crippen LogP contribution in [0.1, 0.15) is 38.3 Å². The molecule has 0 aliphatic heterocycles. The van der Waals surface area contributed by atoms with Gasteiger partial charge in [-0.1, -0.05) is 44.2 Å². The van der Waals surface area contributed by atoms with E-state index in [1.807, 2.05) is 50.3 Å². The first-order valence-corrected chi connectivity index (χ1v) is 8.11. The number of hydrogen-bond acceptors (Lipinski definition) is 3. The molecule has 1 aromatic heterocycles. The number of allylic oxidation sites excluding steroid dienone is 4. The van der Waals surface area contributed by atoms with Crippen molar-refractivity contribution in [1.29, 1.82) is 0 Å². The topological polar surface area (TPSA) is 50.2 Å². The van der Waals surface area contributed by atoms with E-state index >= 15 is 0 Å². The second-order valence-corrected chi connectivity index (χ2v) is 4.90. The fourth-order valence-corrected chi connectivity index (χ4v) is 2.51. The molecule has 1 aliphatic rings. The van der Waals surface area contributed by atoms with Gasteiger partial charge in [-0.25, -0.2) is 0 Å². The van der Waals surface area contributed by atoms with Crippen molar-refractivity contribution in [1.82, 2.24) is 4.98 Å². The van der Waals surface area contributed by atoms with Crippen LogP contribution in [0.4, 0.5) is 0 Å². The van der Waals surface area contributed by atoms with E-state index < -0.39 is 0 Å². The molecule has 1 heterocycles. The van der Waals surface area contributed by atoms with Crippen LogP contribution in [-0.2, 0) is 4.79 Å². The Labute approximate surface area is 144 Å². The van der Waals surface area contributed by atoms with Crippen molar-refractivity contribution >= 4 is 16.9 Å². The van der Waals surface area contributed by atoms with Crippen molar-refractivity contribution in [2.45, 2.75) is 27.2 Å². The van der Waals surface area contributed by atoms with Gasteiger partial charge in [-0.2, -0.15) is 0 Å². The van der Waals surface area contributed by atoms with Crippen molar-refractivity contribution in [3.8, 4) is 0 Å². The van der Waals surface area contributed by atoms with Crippen LogP contribution in [0.5, 0.6) is 0 Å². The summed E-state index contributed by atoms with van der Waals surface area (Å²) in [5.74, 6) is 0.141. The first-order chi connectivity index (χ1) is 11.8. The average Bonchev–Trinajstić information content (AvgIpc) is 3.12. The van der Waals surface area contributed by atoms with Gasteiger partial charge >= 0.3 is 0 Å². The van der Waals surface area contributed by atoms with Gasteiger partial charge in [0, 0.05) is 25.9 Å². The fourth-order valence-electron chi connectivity index (χ4n) is 2.51. The number of ketones is 1. The van der Waals surface area contributed by atoms with Crippen molar-refractivity contribution in [2.24, 2.45) is 0 Å². The number of hydrogen-bond donors (Lipinski definition) is 1. The van der Waals surface area contributed by atoms with Crippen molar-refractivity contribution < 1.29 is 9.90 Å². The molecule has 3 rings (SSSR count). The Morgan fingerprint density at radius 1 is 0.958 bits per heavy atom. The Hall–Kier alpha value is -2.52. The molecule has 0 spiro atoms. The zero-order valence-corrected chi connectivity index (χ0v) is 14.8. The Morgan fingerprint density at radius 3 is 2.08 bits per heavy atom. The summed E-state index contributed by atoms with van der Waals surface area (Å²) < 4.78 is 0.